The fourth-order valence-corrected chi connectivity index (χ4v) is 3.58. The third-order valence-corrected chi connectivity index (χ3v) is 5.57. The lowest BCUT2D eigenvalue weighted by Gasteiger charge is -2.19. The summed E-state index contributed by atoms with van der Waals surface area (Å²) in [5, 5.41) is 11.5. The van der Waals surface area contributed by atoms with Crippen molar-refractivity contribution in [1.29, 1.82) is 0 Å². The first-order chi connectivity index (χ1) is 13.8. The molecule has 1 amide bonds. The lowest BCUT2D eigenvalue weighted by atomic mass is 10.1. The second-order valence-electron chi connectivity index (χ2n) is 6.12. The van der Waals surface area contributed by atoms with Crippen LogP contribution in [0.1, 0.15) is 25.3 Å². The van der Waals surface area contributed by atoms with Gasteiger partial charge in [0.05, 0.1) is 7.11 Å². The first-order valence-corrected chi connectivity index (χ1v) is 11.0. The second kappa shape index (κ2) is 13.5. The lowest BCUT2D eigenvalue weighted by Crippen LogP contribution is -2.44. The quantitative estimate of drug-likeness (QED) is 0.305. The SMILES string of the molecule is COC(=O)[C@H](CCC(C)=O)NC(=O)O[C@@H](CSCc1ccc([131I])cc1)C(=O)CO. The van der Waals surface area contributed by atoms with Gasteiger partial charge in [0.15, 0.2) is 11.9 Å². The molecule has 0 heterocycles. The number of rotatable bonds is 12. The molecule has 29 heavy (non-hydrogen) atoms. The van der Waals surface area contributed by atoms with Gasteiger partial charge >= 0.3 is 12.1 Å². The van der Waals surface area contributed by atoms with Gasteiger partial charge in [0.1, 0.15) is 18.4 Å². The van der Waals surface area contributed by atoms with Crippen LogP contribution in [0.5, 0.6) is 0 Å². The van der Waals surface area contributed by atoms with Crippen molar-refractivity contribution in [3.05, 3.63) is 33.4 Å². The van der Waals surface area contributed by atoms with E-state index in [4.69, 9.17) is 9.84 Å². The third kappa shape index (κ3) is 10.1. The van der Waals surface area contributed by atoms with E-state index < -0.39 is 36.6 Å². The van der Waals surface area contributed by atoms with Crippen LogP contribution >= 0.6 is 34.4 Å². The van der Waals surface area contributed by atoms with E-state index in [0.717, 1.165) is 16.2 Å². The largest absolute Gasteiger partial charge is 0.467 e. The molecular weight excluding hydrogens is 517 g/mol. The summed E-state index contributed by atoms with van der Waals surface area (Å²) >= 11 is 3.58. The van der Waals surface area contributed by atoms with Gasteiger partial charge in [0, 0.05) is 21.5 Å². The average molecular weight is 541 g/mol. The zero-order valence-electron chi connectivity index (χ0n) is 16.2. The number of hydrogen-bond acceptors (Lipinski definition) is 8. The molecule has 0 aliphatic heterocycles. The van der Waals surface area contributed by atoms with Crippen LogP contribution in [-0.4, -0.2) is 60.4 Å². The molecule has 0 aliphatic rings. The van der Waals surface area contributed by atoms with E-state index in [0.29, 0.717) is 5.75 Å². The molecule has 0 saturated heterocycles. The number of esters is 1. The normalized spacial score (nSPS) is 12.6. The van der Waals surface area contributed by atoms with Crippen LogP contribution in [0.15, 0.2) is 24.3 Å². The summed E-state index contributed by atoms with van der Waals surface area (Å²) in [5.74, 6) is -0.764. The highest BCUT2D eigenvalue weighted by Gasteiger charge is 2.27. The number of ether oxygens (including phenoxy) is 2. The molecule has 1 aromatic carbocycles. The van der Waals surface area contributed by atoms with E-state index in [-0.39, 0.29) is 24.4 Å². The maximum atomic E-state index is 12.1. The van der Waals surface area contributed by atoms with Gasteiger partial charge in [-0.2, -0.15) is 11.8 Å². The van der Waals surface area contributed by atoms with Crippen LogP contribution in [0.2, 0.25) is 0 Å². The number of alkyl carbamates (subject to hydrolysis) is 1. The van der Waals surface area contributed by atoms with Crippen molar-refractivity contribution in [2.24, 2.45) is 0 Å². The van der Waals surface area contributed by atoms with Crippen molar-refractivity contribution >= 4 is 58.0 Å². The van der Waals surface area contributed by atoms with Gasteiger partial charge < -0.3 is 24.7 Å². The summed E-state index contributed by atoms with van der Waals surface area (Å²) in [6.45, 7) is 0.597. The van der Waals surface area contributed by atoms with Crippen LogP contribution in [0, 0.1) is 3.57 Å². The van der Waals surface area contributed by atoms with Crippen molar-refractivity contribution in [1.82, 2.24) is 5.32 Å². The molecule has 1 rings (SSSR count). The highest BCUT2D eigenvalue weighted by atomic mass is 131. The van der Waals surface area contributed by atoms with Crippen molar-refractivity contribution < 1.29 is 33.8 Å². The van der Waals surface area contributed by atoms with Gasteiger partial charge in [-0.25, -0.2) is 9.59 Å². The smallest absolute Gasteiger partial charge is 0.408 e. The van der Waals surface area contributed by atoms with Crippen LogP contribution in [-0.2, 0) is 29.6 Å². The predicted octanol–water partition coefficient (Wildman–Crippen LogP) is 2.09. The Morgan fingerprint density at radius 1 is 1.21 bits per heavy atom. The first kappa shape index (κ1) is 25.4. The van der Waals surface area contributed by atoms with Gasteiger partial charge in [-0.3, -0.25) is 4.79 Å². The molecule has 2 atom stereocenters. The minimum absolute atomic E-state index is 0.0529. The summed E-state index contributed by atoms with van der Waals surface area (Å²) < 4.78 is 10.8. The Morgan fingerprint density at radius 3 is 2.41 bits per heavy atom. The molecule has 0 spiro atoms. The van der Waals surface area contributed by atoms with E-state index in [2.05, 4.69) is 32.6 Å². The number of thioether (sulfide) groups is 1. The highest BCUT2D eigenvalue weighted by molar-refractivity contribution is 14.1. The Kier molecular flexibility index (Phi) is 11.9. The number of benzene rings is 1. The fourth-order valence-electron chi connectivity index (χ4n) is 2.20. The van der Waals surface area contributed by atoms with Gasteiger partial charge in [-0.05, 0) is 53.6 Å². The number of methoxy groups -OCH3 is 1. The van der Waals surface area contributed by atoms with E-state index in [1.54, 1.807) is 0 Å². The number of amides is 1. The number of ketones is 2. The third-order valence-electron chi connectivity index (χ3n) is 3.78. The van der Waals surface area contributed by atoms with Crippen LogP contribution in [0.25, 0.3) is 0 Å². The first-order valence-electron chi connectivity index (χ1n) is 8.77. The molecule has 2 N–H and O–H groups in total. The van der Waals surface area contributed by atoms with Crippen molar-refractivity contribution in [3.63, 3.8) is 0 Å². The molecule has 0 unspecified atom stereocenters. The highest BCUT2D eigenvalue weighted by Crippen LogP contribution is 2.16. The van der Waals surface area contributed by atoms with Gasteiger partial charge in [0.25, 0.3) is 0 Å². The number of aliphatic hydroxyl groups is 1. The molecule has 0 aromatic heterocycles. The molecule has 8 nitrogen and oxygen atoms in total. The molecule has 0 bridgehead atoms. The van der Waals surface area contributed by atoms with Crippen molar-refractivity contribution in [2.45, 2.75) is 37.7 Å². The molecule has 0 saturated carbocycles. The predicted molar refractivity (Wildman–Crippen MR) is 117 cm³/mol. The average Bonchev–Trinajstić information content (AvgIpc) is 2.70. The number of Topliss-reactive ketones (excluding diaryl/α,β-unsaturated/α-hetero) is 2. The summed E-state index contributed by atoms with van der Waals surface area (Å²) in [6.07, 6.45) is -2.03. The van der Waals surface area contributed by atoms with Crippen molar-refractivity contribution in [2.75, 3.05) is 19.5 Å². The molecule has 0 radical (unpaired) electrons. The van der Waals surface area contributed by atoms with Crippen LogP contribution in [0.4, 0.5) is 4.79 Å². The summed E-state index contributed by atoms with van der Waals surface area (Å²) in [6, 6.07) is 6.78. The molecule has 0 aliphatic carbocycles. The number of aliphatic hydroxyl groups excluding tert-OH is 1. The number of carbonyl (C=O) groups is 4. The lowest BCUT2D eigenvalue weighted by molar-refractivity contribution is -0.143. The molecular formula is C19H24INO7S. The Morgan fingerprint density at radius 2 is 1.86 bits per heavy atom. The standard InChI is InChI=1S/C19H24INO7S/c1-12(23)3-8-15(18(25)27-2)21-19(26)28-17(16(24)9-22)11-29-10-13-4-6-14(20)7-5-13/h4-7,15,17,22H,3,8-11H2,1-2H3,(H,21,26)/t15-,17-/m0/s1/i20+4. The Hall–Kier alpha value is -1.66. The monoisotopic (exact) mass is 541 g/mol. The molecule has 10 heteroatoms. The minimum Gasteiger partial charge on any atom is -0.467 e. The molecule has 160 valence electrons. The Balaban J connectivity index is 2.63. The van der Waals surface area contributed by atoms with E-state index in [1.807, 2.05) is 24.3 Å². The molecule has 1 aromatic rings. The van der Waals surface area contributed by atoms with E-state index in [1.165, 1.54) is 18.7 Å². The Labute approximate surface area is 187 Å². The summed E-state index contributed by atoms with van der Waals surface area (Å²) in [5.41, 5.74) is 1.05. The zero-order chi connectivity index (χ0) is 21.8. The van der Waals surface area contributed by atoms with E-state index in [9.17, 15) is 19.2 Å². The fraction of sp³-hybridized carbons (Fsp3) is 0.474. The zero-order valence-corrected chi connectivity index (χ0v) is 19.2. The minimum atomic E-state index is -1.17. The summed E-state index contributed by atoms with van der Waals surface area (Å²) in [7, 11) is 1.16. The van der Waals surface area contributed by atoms with Crippen molar-refractivity contribution in [3.8, 4) is 0 Å². The number of hydrogen-bond donors (Lipinski definition) is 2. The number of halogens is 1. The van der Waals surface area contributed by atoms with E-state index >= 15 is 0 Å². The number of nitrogens with one attached hydrogen (secondary N) is 1. The van der Waals surface area contributed by atoms with Crippen LogP contribution < -0.4 is 5.32 Å². The second-order valence-corrected chi connectivity index (χ2v) is 8.40. The van der Waals surface area contributed by atoms with Gasteiger partial charge in [0.2, 0.25) is 0 Å². The summed E-state index contributed by atoms with van der Waals surface area (Å²) in [4.78, 5) is 47.0. The maximum absolute atomic E-state index is 12.1. The molecule has 0 fully saturated rings. The topological polar surface area (TPSA) is 119 Å². The number of carbonyl (C=O) groups excluding carboxylic acids is 4. The van der Waals surface area contributed by atoms with Crippen LogP contribution in [0.3, 0.4) is 0 Å². The van der Waals surface area contributed by atoms with Gasteiger partial charge in [-0.1, -0.05) is 12.1 Å². The van der Waals surface area contributed by atoms with Gasteiger partial charge in [-0.15, -0.1) is 0 Å². The maximum Gasteiger partial charge on any atom is 0.408 e. The Bertz CT molecular complexity index is 711.